The molecule has 8 heteroatoms. The van der Waals surface area contributed by atoms with Gasteiger partial charge in [0.25, 0.3) is 0 Å². The Labute approximate surface area is 141 Å². The van der Waals surface area contributed by atoms with Crippen LogP contribution in [0, 0.1) is 5.82 Å². The summed E-state index contributed by atoms with van der Waals surface area (Å²) in [6.45, 7) is -0.347. The molecule has 2 rings (SSSR count). The number of benzene rings is 1. The molecular weight excluding hydrogens is 335 g/mol. The van der Waals surface area contributed by atoms with E-state index in [1.165, 1.54) is 30.7 Å². The normalized spacial score (nSPS) is 15.9. The molecule has 1 aromatic rings. The molecule has 1 fully saturated rings. The van der Waals surface area contributed by atoms with Crippen molar-refractivity contribution in [2.24, 2.45) is 0 Å². The highest BCUT2D eigenvalue weighted by Crippen LogP contribution is 2.17. The van der Waals surface area contributed by atoms with E-state index in [1.807, 2.05) is 0 Å². The van der Waals surface area contributed by atoms with Crippen molar-refractivity contribution < 1.29 is 22.3 Å². The zero-order valence-corrected chi connectivity index (χ0v) is 14.3. The number of carbonyl (C=O) groups excluding carboxylic acids is 1. The fraction of sp³-hybridized carbons (Fsp3) is 0.562. The van der Waals surface area contributed by atoms with Crippen LogP contribution < -0.4 is 14.8 Å². The third-order valence-corrected chi connectivity index (χ3v) is 5.15. The van der Waals surface area contributed by atoms with Crippen LogP contribution in [0.2, 0.25) is 0 Å². The zero-order chi connectivity index (χ0) is 17.4. The molecule has 0 saturated heterocycles. The lowest BCUT2D eigenvalue weighted by molar-refractivity contribution is -0.120. The minimum atomic E-state index is -3.61. The van der Waals surface area contributed by atoms with Gasteiger partial charge in [0.1, 0.15) is 18.2 Å². The Kier molecular flexibility index (Phi) is 6.99. The van der Waals surface area contributed by atoms with Crippen LogP contribution in [0.5, 0.6) is 5.75 Å². The number of hydrogen-bond donors (Lipinski definition) is 2. The van der Waals surface area contributed by atoms with E-state index in [0.29, 0.717) is 5.75 Å². The molecule has 0 aromatic heterocycles. The van der Waals surface area contributed by atoms with Crippen LogP contribution in [-0.4, -0.2) is 39.3 Å². The number of ether oxygens (including phenoxy) is 1. The van der Waals surface area contributed by atoms with Gasteiger partial charge in [-0.3, -0.25) is 4.79 Å². The molecule has 24 heavy (non-hydrogen) atoms. The lowest BCUT2D eigenvalue weighted by Crippen LogP contribution is -2.43. The molecule has 0 bridgehead atoms. The van der Waals surface area contributed by atoms with Crippen molar-refractivity contribution in [2.45, 2.75) is 38.1 Å². The molecule has 1 aromatic carbocycles. The van der Waals surface area contributed by atoms with Gasteiger partial charge in [-0.05, 0) is 37.1 Å². The highest BCUT2D eigenvalue weighted by molar-refractivity contribution is 7.89. The summed E-state index contributed by atoms with van der Waals surface area (Å²) < 4.78 is 43.9. The van der Waals surface area contributed by atoms with Crippen molar-refractivity contribution in [1.82, 2.24) is 10.0 Å². The largest absolute Gasteiger partial charge is 0.492 e. The predicted octanol–water partition coefficient (Wildman–Crippen LogP) is 1.57. The molecule has 1 saturated carbocycles. The molecule has 0 aliphatic heterocycles. The average Bonchev–Trinajstić information content (AvgIpc) is 2.56. The van der Waals surface area contributed by atoms with Gasteiger partial charge in [0.15, 0.2) is 0 Å². The maximum Gasteiger partial charge on any atom is 0.235 e. The van der Waals surface area contributed by atoms with E-state index in [-0.39, 0.29) is 36.7 Å². The highest BCUT2D eigenvalue weighted by atomic mass is 32.2. The Morgan fingerprint density at radius 3 is 2.50 bits per heavy atom. The van der Waals surface area contributed by atoms with Crippen LogP contribution in [0.1, 0.15) is 32.1 Å². The summed E-state index contributed by atoms with van der Waals surface area (Å²) in [4.78, 5) is 11.8. The average molecular weight is 358 g/mol. The third-order valence-electron chi connectivity index (χ3n) is 3.86. The topological polar surface area (TPSA) is 84.5 Å². The number of sulfonamides is 1. The second-order valence-electron chi connectivity index (χ2n) is 5.84. The second kappa shape index (κ2) is 8.98. The van der Waals surface area contributed by atoms with E-state index >= 15 is 0 Å². The minimum absolute atomic E-state index is 0.0782. The summed E-state index contributed by atoms with van der Waals surface area (Å²) in [6, 6.07) is 5.47. The molecule has 1 aliphatic rings. The summed E-state index contributed by atoms with van der Waals surface area (Å²) in [5.41, 5.74) is 0. The van der Waals surface area contributed by atoms with E-state index in [4.69, 9.17) is 4.74 Å². The molecule has 2 N–H and O–H groups in total. The lowest BCUT2D eigenvalue weighted by atomic mass is 9.95. The van der Waals surface area contributed by atoms with Gasteiger partial charge < -0.3 is 10.1 Å². The molecule has 0 atom stereocenters. The van der Waals surface area contributed by atoms with Gasteiger partial charge in [-0.25, -0.2) is 17.5 Å². The molecular formula is C16H23FN2O4S. The molecule has 1 aliphatic carbocycles. The number of amides is 1. The summed E-state index contributed by atoms with van der Waals surface area (Å²) in [5.74, 6) is -0.589. The molecule has 6 nitrogen and oxygen atoms in total. The molecule has 0 spiro atoms. The number of hydrogen-bond acceptors (Lipinski definition) is 4. The van der Waals surface area contributed by atoms with Crippen molar-refractivity contribution in [3.8, 4) is 5.75 Å². The summed E-state index contributed by atoms with van der Waals surface area (Å²) >= 11 is 0. The SMILES string of the molecule is O=C(CNS(=O)(=O)CCOc1ccc(F)cc1)NC1CCCCC1. The van der Waals surface area contributed by atoms with Crippen molar-refractivity contribution in [1.29, 1.82) is 0 Å². The Hall–Kier alpha value is -1.67. The van der Waals surface area contributed by atoms with E-state index in [9.17, 15) is 17.6 Å². The molecule has 0 unspecified atom stereocenters. The summed E-state index contributed by atoms with van der Waals surface area (Å²) in [6.07, 6.45) is 5.27. The Balaban J connectivity index is 1.66. The third kappa shape index (κ3) is 6.84. The van der Waals surface area contributed by atoms with Crippen LogP contribution in [0.25, 0.3) is 0 Å². The molecule has 134 valence electrons. The Morgan fingerprint density at radius 1 is 1.17 bits per heavy atom. The number of carbonyl (C=O) groups is 1. The smallest absolute Gasteiger partial charge is 0.235 e. The predicted molar refractivity (Wildman–Crippen MR) is 88.7 cm³/mol. The minimum Gasteiger partial charge on any atom is -0.492 e. The van der Waals surface area contributed by atoms with Gasteiger partial charge in [0, 0.05) is 6.04 Å². The van der Waals surface area contributed by atoms with Crippen molar-refractivity contribution >= 4 is 15.9 Å². The standard InChI is InChI=1S/C16H23FN2O4S/c17-13-6-8-15(9-7-13)23-10-11-24(21,22)18-12-16(20)19-14-4-2-1-3-5-14/h6-9,14,18H,1-5,10-12H2,(H,19,20). The first-order chi connectivity index (χ1) is 11.4. The maximum atomic E-state index is 12.7. The fourth-order valence-corrected chi connectivity index (χ4v) is 3.37. The van der Waals surface area contributed by atoms with Crippen molar-refractivity contribution in [3.63, 3.8) is 0 Å². The second-order valence-corrected chi connectivity index (χ2v) is 7.77. The van der Waals surface area contributed by atoms with E-state index < -0.39 is 10.0 Å². The fourth-order valence-electron chi connectivity index (χ4n) is 2.57. The first-order valence-electron chi connectivity index (χ1n) is 8.10. The van der Waals surface area contributed by atoms with Gasteiger partial charge in [-0.15, -0.1) is 0 Å². The Morgan fingerprint density at radius 2 is 1.83 bits per heavy atom. The summed E-state index contributed by atoms with van der Waals surface area (Å²) in [7, 11) is -3.61. The van der Waals surface area contributed by atoms with Gasteiger partial charge in [0.05, 0.1) is 12.3 Å². The lowest BCUT2D eigenvalue weighted by Gasteiger charge is -2.22. The zero-order valence-electron chi connectivity index (χ0n) is 13.5. The van der Waals surface area contributed by atoms with Crippen molar-refractivity contribution in [3.05, 3.63) is 30.1 Å². The number of halogens is 1. The van der Waals surface area contributed by atoms with Crippen LogP contribution in [-0.2, 0) is 14.8 Å². The van der Waals surface area contributed by atoms with Gasteiger partial charge >= 0.3 is 0 Å². The Bertz CT molecular complexity index is 628. The van der Waals surface area contributed by atoms with Crippen LogP contribution in [0.4, 0.5) is 4.39 Å². The summed E-state index contributed by atoms with van der Waals surface area (Å²) in [5, 5.41) is 2.85. The monoisotopic (exact) mass is 358 g/mol. The molecule has 1 amide bonds. The molecule has 0 radical (unpaired) electrons. The number of rotatable bonds is 8. The van der Waals surface area contributed by atoms with E-state index in [0.717, 1.165) is 25.7 Å². The van der Waals surface area contributed by atoms with Crippen LogP contribution in [0.15, 0.2) is 24.3 Å². The quantitative estimate of drug-likeness (QED) is 0.739. The van der Waals surface area contributed by atoms with Crippen LogP contribution in [0.3, 0.4) is 0 Å². The van der Waals surface area contributed by atoms with Gasteiger partial charge in [0.2, 0.25) is 15.9 Å². The maximum absolute atomic E-state index is 12.7. The van der Waals surface area contributed by atoms with E-state index in [1.54, 1.807) is 0 Å². The number of nitrogens with one attached hydrogen (secondary N) is 2. The van der Waals surface area contributed by atoms with E-state index in [2.05, 4.69) is 10.0 Å². The first-order valence-corrected chi connectivity index (χ1v) is 9.75. The van der Waals surface area contributed by atoms with Crippen LogP contribution >= 0.6 is 0 Å². The van der Waals surface area contributed by atoms with Gasteiger partial charge in [-0.2, -0.15) is 0 Å². The van der Waals surface area contributed by atoms with Crippen molar-refractivity contribution in [2.75, 3.05) is 18.9 Å². The molecule has 0 heterocycles. The highest BCUT2D eigenvalue weighted by Gasteiger charge is 2.17. The first kappa shape index (κ1) is 18.7. The van der Waals surface area contributed by atoms with Gasteiger partial charge in [-0.1, -0.05) is 19.3 Å².